The number of halogens is 2. The summed E-state index contributed by atoms with van der Waals surface area (Å²) in [5.74, 6) is 0.676. The third-order valence-electron chi connectivity index (χ3n) is 3.51. The van der Waals surface area contributed by atoms with Crippen LogP contribution in [0.5, 0.6) is 0 Å². The van der Waals surface area contributed by atoms with Crippen LogP contribution in [-0.2, 0) is 0 Å². The van der Waals surface area contributed by atoms with E-state index >= 15 is 0 Å². The molecule has 0 aliphatic heterocycles. The van der Waals surface area contributed by atoms with Crippen LogP contribution >= 0.6 is 23.2 Å². The highest BCUT2D eigenvalue weighted by Gasteiger charge is 2.32. The van der Waals surface area contributed by atoms with E-state index in [1.807, 2.05) is 24.3 Å². The summed E-state index contributed by atoms with van der Waals surface area (Å²) in [4.78, 5) is 0. The van der Waals surface area contributed by atoms with Gasteiger partial charge in [-0.25, -0.2) is 0 Å². The van der Waals surface area contributed by atoms with Gasteiger partial charge in [0.2, 0.25) is 0 Å². The third-order valence-corrected chi connectivity index (χ3v) is 4.14. The van der Waals surface area contributed by atoms with Crippen LogP contribution in [0.4, 0.5) is 5.69 Å². The van der Waals surface area contributed by atoms with Gasteiger partial charge in [0.25, 0.3) is 0 Å². The molecule has 0 amide bonds. The molecule has 0 heterocycles. The van der Waals surface area contributed by atoms with Crippen molar-refractivity contribution in [2.24, 2.45) is 5.92 Å². The number of para-hydroxylation sites is 1. The predicted molar refractivity (Wildman–Crippen MR) is 82.0 cm³/mol. The molecule has 0 radical (unpaired) electrons. The third kappa shape index (κ3) is 2.88. The molecule has 1 saturated carbocycles. The Morgan fingerprint density at radius 2 is 1.53 bits per heavy atom. The zero-order valence-corrected chi connectivity index (χ0v) is 12.0. The minimum Gasteiger partial charge on any atom is -0.376 e. The minimum absolute atomic E-state index is 0.290. The second-order valence-electron chi connectivity index (χ2n) is 4.97. The Morgan fingerprint density at radius 1 is 0.895 bits per heavy atom. The largest absolute Gasteiger partial charge is 0.376 e. The van der Waals surface area contributed by atoms with E-state index in [1.165, 1.54) is 18.4 Å². The van der Waals surface area contributed by atoms with Crippen LogP contribution < -0.4 is 5.32 Å². The fraction of sp³-hybridized carbons (Fsp3) is 0.250. The van der Waals surface area contributed by atoms with Crippen molar-refractivity contribution in [1.29, 1.82) is 0 Å². The molecule has 1 N–H and O–H groups in total. The fourth-order valence-electron chi connectivity index (χ4n) is 2.35. The first-order chi connectivity index (χ1) is 9.25. The second kappa shape index (κ2) is 5.44. The Labute approximate surface area is 123 Å². The summed E-state index contributed by atoms with van der Waals surface area (Å²) in [6.07, 6.45) is 2.52. The standard InChI is InChI=1S/C16H15Cl2N/c17-13-7-4-8-14(18)16(13)19-15(12-9-10-12)11-5-2-1-3-6-11/h1-8,12,15,19H,9-10H2. The zero-order chi connectivity index (χ0) is 13.2. The van der Waals surface area contributed by atoms with Crippen LogP contribution in [-0.4, -0.2) is 0 Å². The molecule has 0 spiro atoms. The van der Waals surface area contributed by atoms with Crippen LogP contribution in [0.2, 0.25) is 10.0 Å². The Morgan fingerprint density at radius 3 is 2.11 bits per heavy atom. The highest BCUT2D eigenvalue weighted by molar-refractivity contribution is 6.39. The molecule has 1 unspecified atom stereocenters. The summed E-state index contributed by atoms with van der Waals surface area (Å²) in [7, 11) is 0. The van der Waals surface area contributed by atoms with E-state index in [9.17, 15) is 0 Å². The van der Waals surface area contributed by atoms with E-state index in [1.54, 1.807) is 0 Å². The van der Waals surface area contributed by atoms with Crippen molar-refractivity contribution in [2.45, 2.75) is 18.9 Å². The van der Waals surface area contributed by atoms with Crippen molar-refractivity contribution in [3.63, 3.8) is 0 Å². The maximum Gasteiger partial charge on any atom is 0.0723 e. The lowest BCUT2D eigenvalue weighted by Gasteiger charge is -2.21. The second-order valence-corrected chi connectivity index (χ2v) is 5.78. The molecule has 0 bridgehead atoms. The first kappa shape index (κ1) is 12.8. The topological polar surface area (TPSA) is 12.0 Å². The van der Waals surface area contributed by atoms with Crippen LogP contribution in [0.1, 0.15) is 24.4 Å². The Hall–Kier alpha value is -1.18. The van der Waals surface area contributed by atoms with E-state index in [2.05, 4.69) is 29.6 Å². The van der Waals surface area contributed by atoms with Gasteiger partial charge >= 0.3 is 0 Å². The van der Waals surface area contributed by atoms with Gasteiger partial charge < -0.3 is 5.32 Å². The zero-order valence-electron chi connectivity index (χ0n) is 10.4. The minimum atomic E-state index is 0.290. The molecule has 98 valence electrons. The molecule has 1 nitrogen and oxygen atoms in total. The first-order valence-electron chi connectivity index (χ1n) is 6.51. The monoisotopic (exact) mass is 291 g/mol. The average Bonchev–Trinajstić information content (AvgIpc) is 3.24. The van der Waals surface area contributed by atoms with E-state index in [0.29, 0.717) is 22.0 Å². The molecule has 0 saturated heterocycles. The SMILES string of the molecule is Clc1cccc(Cl)c1NC(c1ccccc1)C1CC1. The molecule has 2 aromatic rings. The lowest BCUT2D eigenvalue weighted by molar-refractivity contribution is 0.679. The van der Waals surface area contributed by atoms with Gasteiger partial charge in [0, 0.05) is 0 Å². The quantitative estimate of drug-likeness (QED) is 0.778. The average molecular weight is 292 g/mol. The summed E-state index contributed by atoms with van der Waals surface area (Å²) in [5, 5.41) is 4.88. The van der Waals surface area contributed by atoms with E-state index in [-0.39, 0.29) is 0 Å². The molecule has 3 rings (SSSR count). The Kier molecular flexibility index (Phi) is 3.67. The van der Waals surface area contributed by atoms with Gasteiger partial charge in [0.1, 0.15) is 0 Å². The Bertz CT molecular complexity index is 544. The van der Waals surface area contributed by atoms with Crippen LogP contribution in [0.25, 0.3) is 0 Å². The maximum absolute atomic E-state index is 6.24. The molecule has 3 heteroatoms. The molecule has 1 aliphatic rings. The number of rotatable bonds is 4. The molecule has 1 fully saturated rings. The summed E-state index contributed by atoms with van der Waals surface area (Å²) >= 11 is 12.5. The van der Waals surface area contributed by atoms with Crippen molar-refractivity contribution in [1.82, 2.24) is 0 Å². The molecule has 2 aromatic carbocycles. The number of hydrogen-bond acceptors (Lipinski definition) is 1. The van der Waals surface area contributed by atoms with Crippen molar-refractivity contribution in [3.8, 4) is 0 Å². The number of anilines is 1. The summed E-state index contributed by atoms with van der Waals surface area (Å²) in [6, 6.07) is 16.4. The van der Waals surface area contributed by atoms with E-state index in [0.717, 1.165) is 5.69 Å². The smallest absolute Gasteiger partial charge is 0.0723 e. The van der Waals surface area contributed by atoms with Crippen LogP contribution in [0, 0.1) is 5.92 Å². The summed E-state index contributed by atoms with van der Waals surface area (Å²) < 4.78 is 0. The van der Waals surface area contributed by atoms with Gasteiger partial charge in [-0.05, 0) is 36.5 Å². The van der Waals surface area contributed by atoms with Gasteiger partial charge in [-0.2, -0.15) is 0 Å². The number of benzene rings is 2. The summed E-state index contributed by atoms with van der Waals surface area (Å²) in [5.41, 5.74) is 2.13. The fourth-order valence-corrected chi connectivity index (χ4v) is 2.86. The van der Waals surface area contributed by atoms with Gasteiger partial charge in [-0.3, -0.25) is 0 Å². The number of hydrogen-bond donors (Lipinski definition) is 1. The molecule has 1 atom stereocenters. The van der Waals surface area contributed by atoms with Gasteiger partial charge in [-0.15, -0.1) is 0 Å². The molecular weight excluding hydrogens is 277 g/mol. The van der Waals surface area contributed by atoms with Crippen molar-refractivity contribution in [2.75, 3.05) is 5.32 Å². The first-order valence-corrected chi connectivity index (χ1v) is 7.27. The Balaban J connectivity index is 1.90. The maximum atomic E-state index is 6.24. The number of nitrogens with one attached hydrogen (secondary N) is 1. The normalized spacial score (nSPS) is 16.1. The van der Waals surface area contributed by atoms with Crippen molar-refractivity contribution in [3.05, 3.63) is 64.1 Å². The highest BCUT2D eigenvalue weighted by Crippen LogP contribution is 2.44. The highest BCUT2D eigenvalue weighted by atomic mass is 35.5. The predicted octanol–water partition coefficient (Wildman–Crippen LogP) is 5.56. The van der Waals surface area contributed by atoms with Crippen LogP contribution in [0.15, 0.2) is 48.5 Å². The molecule has 1 aliphatic carbocycles. The molecule has 0 aromatic heterocycles. The molecular formula is C16H15Cl2N. The van der Waals surface area contributed by atoms with Crippen molar-refractivity contribution >= 4 is 28.9 Å². The van der Waals surface area contributed by atoms with Gasteiger partial charge in [-0.1, -0.05) is 59.6 Å². The van der Waals surface area contributed by atoms with Gasteiger partial charge in [0.05, 0.1) is 21.8 Å². The lowest BCUT2D eigenvalue weighted by Crippen LogP contribution is -2.13. The van der Waals surface area contributed by atoms with E-state index in [4.69, 9.17) is 23.2 Å². The van der Waals surface area contributed by atoms with Gasteiger partial charge in [0.15, 0.2) is 0 Å². The van der Waals surface area contributed by atoms with Crippen molar-refractivity contribution < 1.29 is 0 Å². The molecule has 19 heavy (non-hydrogen) atoms. The van der Waals surface area contributed by atoms with Crippen LogP contribution in [0.3, 0.4) is 0 Å². The lowest BCUT2D eigenvalue weighted by atomic mass is 10.0. The van der Waals surface area contributed by atoms with E-state index < -0.39 is 0 Å². The summed E-state index contributed by atoms with van der Waals surface area (Å²) in [6.45, 7) is 0.